The Bertz CT molecular complexity index is 667. The standard InChI is InChI=1S/C21H28N2OS/c1-5-15(3)16-7-9-17(10-8-16)20(6-2)23-21(25)22-18-11-13-19(24-4)14-12-18/h7-15,20H,5-6H2,1-4H3,(H2,22,23,25). The first-order chi connectivity index (χ1) is 12.1. The fourth-order valence-corrected chi connectivity index (χ4v) is 2.97. The topological polar surface area (TPSA) is 33.3 Å². The number of ether oxygens (including phenoxy) is 1. The molecule has 134 valence electrons. The van der Waals surface area contributed by atoms with Crippen LogP contribution in [0.2, 0.25) is 0 Å². The molecule has 2 aromatic carbocycles. The average molecular weight is 357 g/mol. The third kappa shape index (κ3) is 5.46. The van der Waals surface area contributed by atoms with E-state index in [2.05, 4.69) is 55.7 Å². The summed E-state index contributed by atoms with van der Waals surface area (Å²) in [6, 6.07) is 16.8. The summed E-state index contributed by atoms with van der Waals surface area (Å²) in [6.07, 6.45) is 2.12. The Morgan fingerprint density at radius 3 is 2.08 bits per heavy atom. The maximum absolute atomic E-state index is 5.47. The molecule has 0 amide bonds. The second-order valence-corrected chi connectivity index (χ2v) is 6.67. The average Bonchev–Trinajstić information content (AvgIpc) is 2.66. The Kier molecular flexibility index (Phi) is 7.26. The van der Waals surface area contributed by atoms with Gasteiger partial charge in [0.1, 0.15) is 5.75 Å². The molecule has 2 unspecified atom stereocenters. The zero-order valence-electron chi connectivity index (χ0n) is 15.5. The molecule has 2 rings (SSSR count). The van der Waals surface area contributed by atoms with E-state index in [9.17, 15) is 0 Å². The molecule has 0 aliphatic heterocycles. The van der Waals surface area contributed by atoms with Gasteiger partial charge in [-0.3, -0.25) is 0 Å². The number of thiocarbonyl (C=S) groups is 1. The summed E-state index contributed by atoms with van der Waals surface area (Å²) in [6.45, 7) is 6.65. The minimum atomic E-state index is 0.198. The molecule has 2 N–H and O–H groups in total. The molecular weight excluding hydrogens is 328 g/mol. The summed E-state index contributed by atoms with van der Waals surface area (Å²) in [5.74, 6) is 1.43. The quantitative estimate of drug-likeness (QED) is 0.628. The van der Waals surface area contributed by atoms with E-state index in [0.29, 0.717) is 11.0 Å². The van der Waals surface area contributed by atoms with Gasteiger partial charge >= 0.3 is 0 Å². The highest BCUT2D eigenvalue weighted by atomic mass is 32.1. The lowest BCUT2D eigenvalue weighted by molar-refractivity contribution is 0.415. The summed E-state index contributed by atoms with van der Waals surface area (Å²) >= 11 is 5.47. The van der Waals surface area contributed by atoms with Gasteiger partial charge in [-0.1, -0.05) is 45.0 Å². The number of nitrogens with one attached hydrogen (secondary N) is 2. The largest absolute Gasteiger partial charge is 0.497 e. The number of benzene rings is 2. The second kappa shape index (κ2) is 9.42. The van der Waals surface area contributed by atoms with Gasteiger partial charge < -0.3 is 15.4 Å². The Balaban J connectivity index is 1.99. The van der Waals surface area contributed by atoms with E-state index >= 15 is 0 Å². The van der Waals surface area contributed by atoms with Crippen LogP contribution >= 0.6 is 12.2 Å². The number of anilines is 1. The summed E-state index contributed by atoms with van der Waals surface area (Å²) in [7, 11) is 1.66. The predicted octanol–water partition coefficient (Wildman–Crippen LogP) is 5.65. The molecule has 0 radical (unpaired) electrons. The molecule has 3 nitrogen and oxygen atoms in total. The van der Waals surface area contributed by atoms with Gasteiger partial charge in [0.15, 0.2) is 5.11 Å². The number of hydrogen-bond acceptors (Lipinski definition) is 2. The molecule has 0 saturated heterocycles. The number of hydrogen-bond donors (Lipinski definition) is 2. The third-order valence-corrected chi connectivity index (χ3v) is 4.80. The van der Waals surface area contributed by atoms with Crippen LogP contribution in [0.4, 0.5) is 5.69 Å². The van der Waals surface area contributed by atoms with Crippen LogP contribution in [0.25, 0.3) is 0 Å². The molecule has 0 fully saturated rings. The molecular formula is C21H28N2OS. The van der Waals surface area contributed by atoms with E-state index in [1.54, 1.807) is 7.11 Å². The Morgan fingerprint density at radius 1 is 0.960 bits per heavy atom. The van der Waals surface area contributed by atoms with Crippen LogP contribution < -0.4 is 15.4 Å². The van der Waals surface area contributed by atoms with Crippen LogP contribution in [-0.2, 0) is 0 Å². The molecule has 4 heteroatoms. The van der Waals surface area contributed by atoms with Gasteiger partial charge in [0.2, 0.25) is 0 Å². The van der Waals surface area contributed by atoms with Gasteiger partial charge in [-0.05, 0) is 66.4 Å². The fourth-order valence-electron chi connectivity index (χ4n) is 2.71. The Labute approximate surface area is 156 Å². The van der Waals surface area contributed by atoms with E-state index < -0.39 is 0 Å². The second-order valence-electron chi connectivity index (χ2n) is 6.26. The molecule has 0 spiro atoms. The van der Waals surface area contributed by atoms with Crippen LogP contribution in [0, 0.1) is 0 Å². The first kappa shape index (κ1) is 19.3. The molecule has 0 heterocycles. The lowest BCUT2D eigenvalue weighted by atomic mass is 9.95. The molecule has 0 aliphatic carbocycles. The van der Waals surface area contributed by atoms with Crippen molar-refractivity contribution >= 4 is 23.0 Å². The maximum Gasteiger partial charge on any atom is 0.171 e. The van der Waals surface area contributed by atoms with Crippen molar-refractivity contribution < 1.29 is 4.74 Å². The van der Waals surface area contributed by atoms with Crippen LogP contribution in [0.1, 0.15) is 56.7 Å². The van der Waals surface area contributed by atoms with Crippen LogP contribution in [-0.4, -0.2) is 12.2 Å². The van der Waals surface area contributed by atoms with Crippen molar-refractivity contribution in [1.29, 1.82) is 0 Å². The predicted molar refractivity (Wildman–Crippen MR) is 111 cm³/mol. The SMILES string of the molecule is CCC(C)c1ccc(C(CC)NC(=S)Nc2ccc(OC)cc2)cc1. The molecule has 25 heavy (non-hydrogen) atoms. The van der Waals surface area contributed by atoms with Gasteiger partial charge in [0, 0.05) is 5.69 Å². The van der Waals surface area contributed by atoms with E-state index in [0.717, 1.165) is 24.3 Å². The van der Waals surface area contributed by atoms with Crippen molar-refractivity contribution in [2.24, 2.45) is 0 Å². The third-order valence-electron chi connectivity index (χ3n) is 4.58. The lowest BCUT2D eigenvalue weighted by Crippen LogP contribution is -2.32. The van der Waals surface area contributed by atoms with Crippen LogP contribution in [0.15, 0.2) is 48.5 Å². The van der Waals surface area contributed by atoms with Gasteiger partial charge in [-0.25, -0.2) is 0 Å². The van der Waals surface area contributed by atoms with Crippen molar-refractivity contribution in [3.63, 3.8) is 0 Å². The minimum absolute atomic E-state index is 0.198. The van der Waals surface area contributed by atoms with Gasteiger partial charge in [0.05, 0.1) is 13.2 Å². The molecule has 2 aromatic rings. The van der Waals surface area contributed by atoms with Crippen molar-refractivity contribution in [3.05, 3.63) is 59.7 Å². The summed E-state index contributed by atoms with van der Waals surface area (Å²) < 4.78 is 5.17. The smallest absolute Gasteiger partial charge is 0.171 e. The van der Waals surface area contributed by atoms with Gasteiger partial charge in [0.25, 0.3) is 0 Å². The Morgan fingerprint density at radius 2 is 1.56 bits per heavy atom. The maximum atomic E-state index is 5.47. The first-order valence-corrected chi connectivity index (χ1v) is 9.29. The van der Waals surface area contributed by atoms with E-state index in [1.807, 2.05) is 24.3 Å². The van der Waals surface area contributed by atoms with Crippen LogP contribution in [0.3, 0.4) is 0 Å². The van der Waals surface area contributed by atoms with Gasteiger partial charge in [-0.15, -0.1) is 0 Å². The monoisotopic (exact) mass is 356 g/mol. The molecule has 0 saturated carbocycles. The molecule has 0 bridgehead atoms. The summed E-state index contributed by atoms with van der Waals surface area (Å²) in [5.41, 5.74) is 3.59. The summed E-state index contributed by atoms with van der Waals surface area (Å²) in [4.78, 5) is 0. The van der Waals surface area contributed by atoms with Crippen molar-refractivity contribution in [2.75, 3.05) is 12.4 Å². The highest BCUT2D eigenvalue weighted by molar-refractivity contribution is 7.80. The zero-order chi connectivity index (χ0) is 18.2. The number of rotatable bonds is 7. The molecule has 0 aliphatic rings. The van der Waals surface area contributed by atoms with Crippen molar-refractivity contribution in [2.45, 2.75) is 45.6 Å². The van der Waals surface area contributed by atoms with E-state index in [1.165, 1.54) is 11.1 Å². The van der Waals surface area contributed by atoms with Crippen molar-refractivity contribution in [3.8, 4) is 5.75 Å². The van der Waals surface area contributed by atoms with E-state index in [-0.39, 0.29) is 6.04 Å². The minimum Gasteiger partial charge on any atom is -0.497 e. The zero-order valence-corrected chi connectivity index (χ0v) is 16.3. The molecule has 0 aromatic heterocycles. The number of methoxy groups -OCH3 is 1. The Hall–Kier alpha value is -2.07. The van der Waals surface area contributed by atoms with E-state index in [4.69, 9.17) is 17.0 Å². The van der Waals surface area contributed by atoms with Crippen molar-refractivity contribution in [1.82, 2.24) is 5.32 Å². The normalized spacial score (nSPS) is 13.0. The van der Waals surface area contributed by atoms with Crippen LogP contribution in [0.5, 0.6) is 5.75 Å². The first-order valence-electron chi connectivity index (χ1n) is 8.88. The summed E-state index contributed by atoms with van der Waals surface area (Å²) in [5, 5.41) is 7.27. The highest BCUT2D eigenvalue weighted by Crippen LogP contribution is 2.23. The highest BCUT2D eigenvalue weighted by Gasteiger charge is 2.12. The fraction of sp³-hybridized carbons (Fsp3) is 0.381. The molecule has 2 atom stereocenters. The van der Waals surface area contributed by atoms with Gasteiger partial charge in [-0.2, -0.15) is 0 Å². The lowest BCUT2D eigenvalue weighted by Gasteiger charge is -2.21.